The smallest absolute Gasteiger partial charge is 0.229 e. The van der Waals surface area contributed by atoms with Crippen LogP contribution in [0.5, 0.6) is 0 Å². The van der Waals surface area contributed by atoms with E-state index in [1.54, 1.807) is 17.3 Å². The number of fused-ring (bicyclic) bond motifs is 1. The molecule has 1 aliphatic rings. The summed E-state index contributed by atoms with van der Waals surface area (Å²) < 4.78 is 0. The fourth-order valence-electron chi connectivity index (χ4n) is 3.08. The Labute approximate surface area is 144 Å². The normalized spacial score (nSPS) is 17.2. The number of benzene rings is 1. The highest BCUT2D eigenvalue weighted by Gasteiger charge is 2.36. The highest BCUT2D eigenvalue weighted by atomic mass is 16.2. The molecule has 1 atom stereocenters. The van der Waals surface area contributed by atoms with Gasteiger partial charge >= 0.3 is 0 Å². The largest absolute Gasteiger partial charge is 0.352 e. The summed E-state index contributed by atoms with van der Waals surface area (Å²) in [6, 6.07) is 11.3. The molecule has 1 saturated heterocycles. The topological polar surface area (TPSA) is 91.0 Å². The average molecular weight is 335 g/mol. The molecule has 7 heteroatoms. The van der Waals surface area contributed by atoms with E-state index < -0.39 is 0 Å². The van der Waals surface area contributed by atoms with Crippen molar-refractivity contribution in [2.24, 2.45) is 5.92 Å². The number of amides is 2. The second kappa shape index (κ2) is 6.35. The van der Waals surface area contributed by atoms with E-state index >= 15 is 0 Å². The summed E-state index contributed by atoms with van der Waals surface area (Å²) in [6.45, 7) is 0.771. The van der Waals surface area contributed by atoms with Gasteiger partial charge in [0.15, 0.2) is 5.82 Å². The van der Waals surface area contributed by atoms with Gasteiger partial charge in [0.05, 0.1) is 11.4 Å². The van der Waals surface area contributed by atoms with Crippen molar-refractivity contribution in [2.75, 3.05) is 11.4 Å². The molecular weight excluding hydrogens is 318 g/mol. The molecular formula is C18H17N5O2. The lowest BCUT2D eigenvalue weighted by Gasteiger charge is -2.14. The van der Waals surface area contributed by atoms with Crippen molar-refractivity contribution in [3.8, 4) is 0 Å². The first-order chi connectivity index (χ1) is 12.2. The molecule has 0 bridgehead atoms. The van der Waals surface area contributed by atoms with Gasteiger partial charge in [-0.05, 0) is 29.8 Å². The fourth-order valence-corrected chi connectivity index (χ4v) is 3.08. The lowest BCUT2D eigenvalue weighted by atomic mass is 10.1. The van der Waals surface area contributed by atoms with Crippen molar-refractivity contribution in [2.45, 2.75) is 13.0 Å². The number of hydrogen-bond acceptors (Lipinski definition) is 4. The molecule has 2 N–H and O–H groups in total. The number of nitrogens with zero attached hydrogens (tertiary/aromatic N) is 3. The predicted octanol–water partition coefficient (Wildman–Crippen LogP) is 1.63. The van der Waals surface area contributed by atoms with E-state index in [1.165, 1.54) is 0 Å². The number of aromatic nitrogens is 3. The number of pyridine rings is 1. The fraction of sp³-hybridized carbons (Fsp3) is 0.222. The van der Waals surface area contributed by atoms with Crippen LogP contribution >= 0.6 is 0 Å². The van der Waals surface area contributed by atoms with Crippen LogP contribution in [0.1, 0.15) is 12.0 Å². The van der Waals surface area contributed by atoms with Gasteiger partial charge in [-0.1, -0.05) is 12.1 Å². The van der Waals surface area contributed by atoms with Crippen LogP contribution in [0.15, 0.2) is 48.8 Å². The first kappa shape index (κ1) is 15.3. The number of H-pyrrole nitrogens is 1. The molecule has 7 nitrogen and oxygen atoms in total. The maximum absolute atomic E-state index is 12.4. The predicted molar refractivity (Wildman–Crippen MR) is 92.6 cm³/mol. The molecule has 2 aromatic heterocycles. The van der Waals surface area contributed by atoms with E-state index in [2.05, 4.69) is 20.5 Å². The van der Waals surface area contributed by atoms with Gasteiger partial charge in [-0.15, -0.1) is 0 Å². The van der Waals surface area contributed by atoms with E-state index in [0.717, 1.165) is 16.5 Å². The summed E-state index contributed by atoms with van der Waals surface area (Å²) in [6.07, 6.45) is 3.57. The standard InChI is InChI=1S/C18H17N5O2/c24-16-9-13(18(25)20-10-12-5-7-19-8-6-12)11-23(16)17-14-3-1-2-4-15(14)21-22-17/h1-8,13H,9-11H2,(H,20,25)(H,21,22)/t13-/m1/s1. The zero-order chi connectivity index (χ0) is 17.2. The molecule has 4 rings (SSSR count). The van der Waals surface area contributed by atoms with Gasteiger partial charge in [0.1, 0.15) is 0 Å². The third-order valence-electron chi connectivity index (χ3n) is 4.42. The molecule has 3 aromatic rings. The number of rotatable bonds is 4. The van der Waals surface area contributed by atoms with Gasteiger partial charge in [-0.3, -0.25) is 24.6 Å². The Hall–Kier alpha value is -3.22. The van der Waals surface area contributed by atoms with Crippen molar-refractivity contribution < 1.29 is 9.59 Å². The third kappa shape index (κ3) is 2.96. The molecule has 1 aromatic carbocycles. The molecule has 0 saturated carbocycles. The highest BCUT2D eigenvalue weighted by Crippen LogP contribution is 2.29. The molecule has 0 radical (unpaired) electrons. The van der Waals surface area contributed by atoms with Gasteiger partial charge in [0, 0.05) is 37.3 Å². The van der Waals surface area contributed by atoms with Crippen LogP contribution in [-0.4, -0.2) is 33.5 Å². The Kier molecular flexibility index (Phi) is 3.89. The maximum atomic E-state index is 12.4. The number of para-hydroxylation sites is 1. The lowest BCUT2D eigenvalue weighted by Crippen LogP contribution is -2.32. The zero-order valence-electron chi connectivity index (χ0n) is 13.5. The number of anilines is 1. The summed E-state index contributed by atoms with van der Waals surface area (Å²) in [7, 11) is 0. The summed E-state index contributed by atoms with van der Waals surface area (Å²) >= 11 is 0. The van der Waals surface area contributed by atoms with Crippen molar-refractivity contribution in [1.29, 1.82) is 0 Å². The molecule has 0 aliphatic carbocycles. The quantitative estimate of drug-likeness (QED) is 0.758. The molecule has 0 spiro atoms. The number of carbonyl (C=O) groups excluding carboxylic acids is 2. The third-order valence-corrected chi connectivity index (χ3v) is 4.42. The van der Waals surface area contributed by atoms with E-state index in [4.69, 9.17) is 0 Å². The second-order valence-corrected chi connectivity index (χ2v) is 6.07. The molecule has 2 amide bonds. The van der Waals surface area contributed by atoms with E-state index in [-0.39, 0.29) is 24.2 Å². The first-order valence-corrected chi connectivity index (χ1v) is 8.12. The highest BCUT2D eigenvalue weighted by molar-refractivity contribution is 6.05. The number of hydrogen-bond donors (Lipinski definition) is 2. The Balaban J connectivity index is 1.46. The van der Waals surface area contributed by atoms with Crippen LogP contribution in [0.3, 0.4) is 0 Å². The molecule has 3 heterocycles. The molecule has 25 heavy (non-hydrogen) atoms. The van der Waals surface area contributed by atoms with Crippen LogP contribution in [-0.2, 0) is 16.1 Å². The van der Waals surface area contributed by atoms with Crippen LogP contribution in [0.2, 0.25) is 0 Å². The summed E-state index contributed by atoms with van der Waals surface area (Å²) in [4.78, 5) is 30.3. The Morgan fingerprint density at radius 3 is 2.88 bits per heavy atom. The van der Waals surface area contributed by atoms with Crippen molar-refractivity contribution in [3.63, 3.8) is 0 Å². The minimum Gasteiger partial charge on any atom is -0.352 e. The molecule has 1 fully saturated rings. The van der Waals surface area contributed by atoms with Crippen LogP contribution in [0.25, 0.3) is 10.9 Å². The first-order valence-electron chi connectivity index (χ1n) is 8.12. The molecule has 0 unspecified atom stereocenters. The summed E-state index contributed by atoms with van der Waals surface area (Å²) in [5.74, 6) is 0.0173. The minimum atomic E-state index is -0.371. The molecule has 126 valence electrons. The second-order valence-electron chi connectivity index (χ2n) is 6.07. The van der Waals surface area contributed by atoms with Crippen LogP contribution in [0, 0.1) is 5.92 Å². The molecule has 1 aliphatic heterocycles. The monoisotopic (exact) mass is 335 g/mol. The van der Waals surface area contributed by atoms with Gasteiger partial charge in [-0.25, -0.2) is 0 Å². The Morgan fingerprint density at radius 1 is 1.24 bits per heavy atom. The Morgan fingerprint density at radius 2 is 2.04 bits per heavy atom. The Bertz CT molecular complexity index is 921. The van der Waals surface area contributed by atoms with Crippen LogP contribution in [0.4, 0.5) is 5.82 Å². The van der Waals surface area contributed by atoms with Gasteiger partial charge in [0.25, 0.3) is 0 Å². The number of carbonyl (C=O) groups is 2. The van der Waals surface area contributed by atoms with Crippen LogP contribution < -0.4 is 10.2 Å². The van der Waals surface area contributed by atoms with E-state index in [0.29, 0.717) is 18.9 Å². The number of nitrogens with one attached hydrogen (secondary N) is 2. The van der Waals surface area contributed by atoms with Gasteiger partial charge in [-0.2, -0.15) is 5.10 Å². The number of aromatic amines is 1. The SMILES string of the molecule is O=C(NCc1ccncc1)[C@@H]1CC(=O)N(c2n[nH]c3ccccc23)C1. The van der Waals surface area contributed by atoms with Gasteiger partial charge in [0.2, 0.25) is 11.8 Å². The zero-order valence-corrected chi connectivity index (χ0v) is 13.5. The van der Waals surface area contributed by atoms with E-state index in [1.807, 2.05) is 36.4 Å². The van der Waals surface area contributed by atoms with Gasteiger partial charge < -0.3 is 5.32 Å². The van der Waals surface area contributed by atoms with Crippen molar-refractivity contribution >= 4 is 28.5 Å². The average Bonchev–Trinajstić information content (AvgIpc) is 3.24. The van der Waals surface area contributed by atoms with Crippen molar-refractivity contribution in [1.82, 2.24) is 20.5 Å². The minimum absolute atomic E-state index is 0.0821. The summed E-state index contributed by atoms with van der Waals surface area (Å²) in [5, 5.41) is 11.0. The summed E-state index contributed by atoms with van der Waals surface area (Å²) in [5.41, 5.74) is 1.85. The van der Waals surface area contributed by atoms with E-state index in [9.17, 15) is 9.59 Å². The lowest BCUT2D eigenvalue weighted by molar-refractivity contribution is -0.126. The maximum Gasteiger partial charge on any atom is 0.229 e. The van der Waals surface area contributed by atoms with Crippen molar-refractivity contribution in [3.05, 3.63) is 54.4 Å².